The summed E-state index contributed by atoms with van der Waals surface area (Å²) in [6.45, 7) is 4.33. The zero-order chi connectivity index (χ0) is 10.8. The van der Waals surface area contributed by atoms with E-state index in [-0.39, 0.29) is 0 Å². The predicted molar refractivity (Wildman–Crippen MR) is 64.5 cm³/mol. The molecule has 0 aliphatic heterocycles. The maximum atomic E-state index is 5.15. The van der Waals surface area contributed by atoms with Crippen molar-refractivity contribution < 1.29 is 0 Å². The number of hydrogen-bond acceptors (Lipinski definition) is 2. The van der Waals surface area contributed by atoms with Crippen LogP contribution >= 0.6 is 12.2 Å². The molecule has 2 rings (SSSR count). The summed E-state index contributed by atoms with van der Waals surface area (Å²) in [5, 5.41) is 0. The first kappa shape index (κ1) is 10.8. The molecule has 1 aliphatic carbocycles. The van der Waals surface area contributed by atoms with Gasteiger partial charge in [0.25, 0.3) is 0 Å². The summed E-state index contributed by atoms with van der Waals surface area (Å²) in [7, 11) is 0. The number of aromatic nitrogens is 2. The number of H-pyrrole nitrogens is 1. The minimum atomic E-state index is 0.608. The second-order valence-electron chi connectivity index (χ2n) is 4.57. The van der Waals surface area contributed by atoms with Gasteiger partial charge in [-0.1, -0.05) is 25.6 Å². The van der Waals surface area contributed by atoms with Crippen LogP contribution in [0.1, 0.15) is 50.0 Å². The molecule has 1 aromatic heterocycles. The molecule has 0 saturated heterocycles. The fourth-order valence-corrected chi connectivity index (χ4v) is 2.76. The minimum absolute atomic E-state index is 0.608. The lowest BCUT2D eigenvalue weighted by Crippen LogP contribution is -2.03. The van der Waals surface area contributed by atoms with Gasteiger partial charge >= 0.3 is 0 Å². The Morgan fingerprint density at radius 2 is 2.33 bits per heavy atom. The maximum absolute atomic E-state index is 5.15. The van der Waals surface area contributed by atoms with Gasteiger partial charge < -0.3 is 4.98 Å². The molecule has 1 fully saturated rings. The van der Waals surface area contributed by atoms with E-state index in [1.54, 1.807) is 0 Å². The SMILES string of the molecule is CCC1CCC(c2nc(=S)cc(C)[nH]2)C1. The van der Waals surface area contributed by atoms with Gasteiger partial charge in [-0.3, -0.25) is 0 Å². The lowest BCUT2D eigenvalue weighted by Gasteiger charge is -2.10. The van der Waals surface area contributed by atoms with E-state index in [0.717, 1.165) is 22.1 Å². The summed E-state index contributed by atoms with van der Waals surface area (Å²) in [6.07, 6.45) is 5.18. The third kappa shape index (κ3) is 2.46. The highest BCUT2D eigenvalue weighted by Gasteiger charge is 2.26. The molecule has 0 radical (unpaired) electrons. The molecule has 1 aliphatic rings. The summed E-state index contributed by atoms with van der Waals surface area (Å²) in [5.74, 6) is 2.60. The van der Waals surface area contributed by atoms with Crippen molar-refractivity contribution in [1.29, 1.82) is 0 Å². The summed E-state index contributed by atoms with van der Waals surface area (Å²) in [6, 6.07) is 1.92. The molecule has 0 spiro atoms. The molecule has 1 heterocycles. The van der Waals surface area contributed by atoms with Crippen molar-refractivity contribution in [3.05, 3.63) is 22.2 Å². The van der Waals surface area contributed by atoms with Gasteiger partial charge in [-0.2, -0.15) is 0 Å². The van der Waals surface area contributed by atoms with E-state index >= 15 is 0 Å². The monoisotopic (exact) mass is 222 g/mol. The lowest BCUT2D eigenvalue weighted by atomic mass is 10.0. The quantitative estimate of drug-likeness (QED) is 0.772. The van der Waals surface area contributed by atoms with Crippen LogP contribution in [0, 0.1) is 17.5 Å². The summed E-state index contributed by atoms with van der Waals surface area (Å²) < 4.78 is 0.723. The van der Waals surface area contributed by atoms with Crippen molar-refractivity contribution >= 4 is 12.2 Å². The van der Waals surface area contributed by atoms with Crippen molar-refractivity contribution in [1.82, 2.24) is 9.97 Å². The van der Waals surface area contributed by atoms with E-state index in [2.05, 4.69) is 16.9 Å². The average Bonchev–Trinajstić information content (AvgIpc) is 2.64. The fourth-order valence-electron chi connectivity index (χ4n) is 2.49. The van der Waals surface area contributed by atoms with Crippen molar-refractivity contribution in [3.63, 3.8) is 0 Å². The first-order valence-electron chi connectivity index (χ1n) is 5.77. The molecule has 1 aromatic rings. The molecular weight excluding hydrogens is 204 g/mol. The van der Waals surface area contributed by atoms with Crippen LogP contribution < -0.4 is 0 Å². The van der Waals surface area contributed by atoms with Crippen LogP contribution in [0.5, 0.6) is 0 Å². The Morgan fingerprint density at radius 3 is 2.93 bits per heavy atom. The van der Waals surface area contributed by atoms with Gasteiger partial charge in [0, 0.05) is 11.6 Å². The zero-order valence-corrected chi connectivity index (χ0v) is 10.2. The Kier molecular flexibility index (Phi) is 3.19. The first-order chi connectivity index (χ1) is 7.19. The van der Waals surface area contributed by atoms with Crippen molar-refractivity contribution in [2.45, 2.75) is 45.4 Å². The molecule has 0 bridgehead atoms. The average molecular weight is 222 g/mol. The molecular formula is C12H18N2S. The molecule has 0 aromatic carbocycles. The Hall–Kier alpha value is -0.700. The van der Waals surface area contributed by atoms with E-state index in [9.17, 15) is 0 Å². The van der Waals surface area contributed by atoms with E-state index < -0.39 is 0 Å². The van der Waals surface area contributed by atoms with E-state index in [1.165, 1.54) is 25.7 Å². The van der Waals surface area contributed by atoms with Crippen molar-refractivity contribution in [2.24, 2.45) is 5.92 Å². The third-order valence-corrected chi connectivity index (χ3v) is 3.61. The number of aromatic amines is 1. The van der Waals surface area contributed by atoms with Crippen molar-refractivity contribution in [2.75, 3.05) is 0 Å². The van der Waals surface area contributed by atoms with Gasteiger partial charge in [0.1, 0.15) is 10.5 Å². The Bertz CT molecular complexity index is 397. The maximum Gasteiger partial charge on any atom is 0.129 e. The minimum Gasteiger partial charge on any atom is -0.347 e. The topological polar surface area (TPSA) is 28.7 Å². The number of nitrogens with one attached hydrogen (secondary N) is 1. The highest BCUT2D eigenvalue weighted by Crippen LogP contribution is 2.38. The van der Waals surface area contributed by atoms with Crippen LogP contribution in [-0.2, 0) is 0 Å². The van der Waals surface area contributed by atoms with Gasteiger partial charge in [0.2, 0.25) is 0 Å². The molecule has 15 heavy (non-hydrogen) atoms. The second kappa shape index (κ2) is 4.44. The molecule has 2 unspecified atom stereocenters. The number of hydrogen-bond donors (Lipinski definition) is 1. The largest absolute Gasteiger partial charge is 0.347 e. The molecule has 3 heteroatoms. The van der Waals surface area contributed by atoms with E-state index in [4.69, 9.17) is 12.2 Å². The van der Waals surface area contributed by atoms with Crippen LogP contribution in [0.15, 0.2) is 6.07 Å². The molecule has 1 N–H and O–H groups in total. The van der Waals surface area contributed by atoms with Gasteiger partial charge in [-0.25, -0.2) is 4.98 Å². The Balaban J connectivity index is 2.20. The Morgan fingerprint density at radius 1 is 1.53 bits per heavy atom. The first-order valence-corrected chi connectivity index (χ1v) is 6.17. The predicted octanol–water partition coefficient (Wildman–Crippen LogP) is 3.74. The molecule has 0 amide bonds. The summed E-state index contributed by atoms with van der Waals surface area (Å²) in [4.78, 5) is 7.80. The normalized spacial score (nSPS) is 25.7. The van der Waals surface area contributed by atoms with Gasteiger partial charge in [-0.05, 0) is 38.2 Å². The molecule has 82 valence electrons. The van der Waals surface area contributed by atoms with Crippen LogP contribution in [-0.4, -0.2) is 9.97 Å². The number of nitrogens with zero attached hydrogens (tertiary/aromatic N) is 1. The number of rotatable bonds is 2. The molecule has 2 atom stereocenters. The molecule has 1 saturated carbocycles. The molecule has 2 nitrogen and oxygen atoms in total. The van der Waals surface area contributed by atoms with Crippen LogP contribution in [0.4, 0.5) is 0 Å². The third-order valence-electron chi connectivity index (χ3n) is 3.40. The van der Waals surface area contributed by atoms with E-state index in [0.29, 0.717) is 5.92 Å². The van der Waals surface area contributed by atoms with Crippen molar-refractivity contribution in [3.8, 4) is 0 Å². The second-order valence-corrected chi connectivity index (χ2v) is 4.99. The van der Waals surface area contributed by atoms with Crippen LogP contribution in [0.25, 0.3) is 0 Å². The van der Waals surface area contributed by atoms with Gasteiger partial charge in [-0.15, -0.1) is 0 Å². The van der Waals surface area contributed by atoms with Crippen LogP contribution in [0.2, 0.25) is 0 Å². The van der Waals surface area contributed by atoms with Gasteiger partial charge in [0.15, 0.2) is 0 Å². The summed E-state index contributed by atoms with van der Waals surface area (Å²) in [5.41, 5.74) is 1.13. The highest BCUT2D eigenvalue weighted by molar-refractivity contribution is 7.71. The van der Waals surface area contributed by atoms with E-state index in [1.807, 2.05) is 13.0 Å². The smallest absolute Gasteiger partial charge is 0.129 e. The van der Waals surface area contributed by atoms with Crippen LogP contribution in [0.3, 0.4) is 0 Å². The highest BCUT2D eigenvalue weighted by atomic mass is 32.1. The summed E-state index contributed by atoms with van der Waals surface area (Å²) >= 11 is 5.15. The zero-order valence-electron chi connectivity index (χ0n) is 9.42. The fraction of sp³-hybridized carbons (Fsp3) is 0.667. The standard InChI is InChI=1S/C12H18N2S/c1-3-9-4-5-10(7-9)12-13-8(2)6-11(15)14-12/h6,9-10H,3-5,7H2,1-2H3,(H,13,14,15). The van der Waals surface area contributed by atoms with Gasteiger partial charge in [0.05, 0.1) is 0 Å². The Labute approximate surface area is 96.1 Å². The number of aryl methyl sites for hydroxylation is 1. The lowest BCUT2D eigenvalue weighted by molar-refractivity contribution is 0.516.